The summed E-state index contributed by atoms with van der Waals surface area (Å²) in [6, 6.07) is 6.84. The number of benzene rings is 1. The van der Waals surface area contributed by atoms with Gasteiger partial charge in [-0.1, -0.05) is 12.1 Å². The molecule has 0 aliphatic carbocycles. The van der Waals surface area contributed by atoms with E-state index in [1.165, 1.54) is 12.0 Å². The third-order valence-electron chi connectivity index (χ3n) is 3.40. The van der Waals surface area contributed by atoms with E-state index in [0.717, 1.165) is 0 Å². The molecule has 1 aromatic rings. The Labute approximate surface area is 121 Å². The van der Waals surface area contributed by atoms with E-state index < -0.39 is 12.7 Å². The molecule has 1 aromatic carbocycles. The molecule has 1 fully saturated rings. The van der Waals surface area contributed by atoms with Crippen molar-refractivity contribution in [1.29, 1.82) is 0 Å². The van der Waals surface area contributed by atoms with Crippen LogP contribution < -0.4 is 4.74 Å². The lowest BCUT2D eigenvalue weighted by Gasteiger charge is -2.35. The summed E-state index contributed by atoms with van der Waals surface area (Å²) in [4.78, 5) is 15.2. The van der Waals surface area contributed by atoms with Crippen LogP contribution in [0.2, 0.25) is 0 Å². The van der Waals surface area contributed by atoms with E-state index in [1.807, 2.05) is 0 Å². The molecule has 0 aromatic heterocycles. The number of piperazine rings is 1. The molecule has 0 spiro atoms. The van der Waals surface area contributed by atoms with E-state index >= 15 is 0 Å². The molecule has 2 rings (SSSR count). The SMILES string of the molecule is COc1ccccc1C(=O)N1CCN(CC(F)(F)F)CC1. The molecule has 0 unspecified atom stereocenters. The van der Waals surface area contributed by atoms with Crippen molar-refractivity contribution in [2.24, 2.45) is 0 Å². The van der Waals surface area contributed by atoms with Gasteiger partial charge in [0.2, 0.25) is 0 Å². The van der Waals surface area contributed by atoms with Crippen molar-refractivity contribution in [3.63, 3.8) is 0 Å². The van der Waals surface area contributed by atoms with Gasteiger partial charge in [0.15, 0.2) is 0 Å². The van der Waals surface area contributed by atoms with Crippen LogP contribution >= 0.6 is 0 Å². The van der Waals surface area contributed by atoms with Gasteiger partial charge in [-0.15, -0.1) is 0 Å². The average molecular weight is 302 g/mol. The van der Waals surface area contributed by atoms with E-state index in [1.54, 1.807) is 29.2 Å². The topological polar surface area (TPSA) is 32.8 Å². The van der Waals surface area contributed by atoms with Gasteiger partial charge in [0.05, 0.1) is 19.2 Å². The summed E-state index contributed by atoms with van der Waals surface area (Å²) in [5.41, 5.74) is 0.435. The molecule has 0 N–H and O–H groups in total. The number of alkyl halides is 3. The highest BCUT2D eigenvalue weighted by Crippen LogP contribution is 2.21. The second-order valence-electron chi connectivity index (χ2n) is 4.88. The van der Waals surface area contributed by atoms with Gasteiger partial charge in [-0.05, 0) is 12.1 Å². The number of para-hydroxylation sites is 1. The minimum absolute atomic E-state index is 0.209. The maximum absolute atomic E-state index is 12.4. The van der Waals surface area contributed by atoms with Crippen LogP contribution in [-0.2, 0) is 0 Å². The lowest BCUT2D eigenvalue weighted by atomic mass is 10.1. The first-order valence-electron chi connectivity index (χ1n) is 6.62. The molecule has 7 heteroatoms. The molecule has 1 amide bonds. The zero-order valence-corrected chi connectivity index (χ0v) is 11.7. The summed E-state index contributed by atoms with van der Waals surface area (Å²) in [6.45, 7) is 0.0877. The Hall–Kier alpha value is -1.76. The van der Waals surface area contributed by atoms with E-state index in [9.17, 15) is 18.0 Å². The maximum Gasteiger partial charge on any atom is 0.401 e. The van der Waals surface area contributed by atoms with Crippen LogP contribution in [-0.4, -0.2) is 61.7 Å². The van der Waals surface area contributed by atoms with Crippen LogP contribution in [0, 0.1) is 0 Å². The number of halogens is 3. The highest BCUT2D eigenvalue weighted by atomic mass is 19.4. The minimum atomic E-state index is -4.20. The fraction of sp³-hybridized carbons (Fsp3) is 0.500. The monoisotopic (exact) mass is 302 g/mol. The number of amides is 1. The van der Waals surface area contributed by atoms with Gasteiger partial charge in [0, 0.05) is 26.2 Å². The van der Waals surface area contributed by atoms with Crippen molar-refractivity contribution < 1.29 is 22.7 Å². The van der Waals surface area contributed by atoms with E-state index in [0.29, 0.717) is 11.3 Å². The molecule has 1 aliphatic heterocycles. The van der Waals surface area contributed by atoms with Gasteiger partial charge in [0.25, 0.3) is 5.91 Å². The minimum Gasteiger partial charge on any atom is -0.496 e. The first kappa shape index (κ1) is 15.6. The Morgan fingerprint density at radius 1 is 1.19 bits per heavy atom. The molecular formula is C14H17F3N2O2. The normalized spacial score (nSPS) is 16.9. The van der Waals surface area contributed by atoms with E-state index in [-0.39, 0.29) is 32.1 Å². The fourth-order valence-corrected chi connectivity index (χ4v) is 2.35. The number of nitrogens with zero attached hydrogens (tertiary/aromatic N) is 2. The maximum atomic E-state index is 12.4. The number of ether oxygens (including phenoxy) is 1. The quantitative estimate of drug-likeness (QED) is 0.856. The molecule has 0 radical (unpaired) electrons. The molecule has 116 valence electrons. The molecular weight excluding hydrogens is 285 g/mol. The number of hydrogen-bond acceptors (Lipinski definition) is 3. The molecule has 1 heterocycles. The van der Waals surface area contributed by atoms with Crippen LogP contribution in [0.1, 0.15) is 10.4 Å². The second-order valence-corrected chi connectivity index (χ2v) is 4.88. The Bertz CT molecular complexity index is 497. The first-order valence-corrected chi connectivity index (χ1v) is 6.62. The molecule has 1 saturated heterocycles. The Kier molecular flexibility index (Phi) is 4.72. The zero-order chi connectivity index (χ0) is 15.5. The summed E-state index contributed by atoms with van der Waals surface area (Å²) in [5, 5.41) is 0. The highest BCUT2D eigenvalue weighted by molar-refractivity contribution is 5.97. The van der Waals surface area contributed by atoms with Gasteiger partial charge in [-0.25, -0.2) is 0 Å². The standard InChI is InChI=1S/C14H17F3N2O2/c1-21-12-5-3-2-4-11(12)13(20)19-8-6-18(7-9-19)10-14(15,16)17/h2-5H,6-10H2,1H3. The largest absolute Gasteiger partial charge is 0.496 e. The van der Waals surface area contributed by atoms with Gasteiger partial charge in [0.1, 0.15) is 5.75 Å². The molecule has 4 nitrogen and oxygen atoms in total. The van der Waals surface area contributed by atoms with Crippen molar-refractivity contribution in [3.8, 4) is 5.75 Å². The highest BCUT2D eigenvalue weighted by Gasteiger charge is 2.33. The van der Waals surface area contributed by atoms with Gasteiger partial charge >= 0.3 is 6.18 Å². The number of hydrogen-bond donors (Lipinski definition) is 0. The van der Waals surface area contributed by atoms with E-state index in [2.05, 4.69) is 0 Å². The summed E-state index contributed by atoms with van der Waals surface area (Å²) < 4.78 is 42.1. The number of methoxy groups -OCH3 is 1. The first-order chi connectivity index (χ1) is 9.90. The van der Waals surface area contributed by atoms with Crippen LogP contribution in [0.3, 0.4) is 0 Å². The lowest BCUT2D eigenvalue weighted by molar-refractivity contribution is -0.148. The molecule has 21 heavy (non-hydrogen) atoms. The van der Waals surface area contributed by atoms with Crippen LogP contribution in [0.25, 0.3) is 0 Å². The molecule has 0 atom stereocenters. The Balaban J connectivity index is 1.97. The summed E-state index contributed by atoms with van der Waals surface area (Å²) in [5.74, 6) is 0.263. The number of carbonyl (C=O) groups is 1. The third kappa shape index (κ3) is 4.10. The van der Waals surface area contributed by atoms with Gasteiger partial charge in [-0.3, -0.25) is 9.69 Å². The lowest BCUT2D eigenvalue weighted by Crippen LogP contribution is -2.50. The number of carbonyl (C=O) groups excluding carboxylic acids is 1. The third-order valence-corrected chi connectivity index (χ3v) is 3.40. The van der Waals surface area contributed by atoms with Gasteiger partial charge < -0.3 is 9.64 Å². The predicted molar refractivity (Wildman–Crippen MR) is 71.4 cm³/mol. The van der Waals surface area contributed by atoms with Crippen molar-refractivity contribution in [2.75, 3.05) is 39.8 Å². The summed E-state index contributed by atoms with van der Waals surface area (Å²) in [7, 11) is 1.48. The predicted octanol–water partition coefficient (Wildman–Crippen LogP) is 2.02. The number of rotatable bonds is 3. The second kappa shape index (κ2) is 6.34. The summed E-state index contributed by atoms with van der Waals surface area (Å²) >= 11 is 0. The van der Waals surface area contributed by atoms with Crippen molar-refractivity contribution >= 4 is 5.91 Å². The fourth-order valence-electron chi connectivity index (χ4n) is 2.35. The van der Waals surface area contributed by atoms with Crippen molar-refractivity contribution in [3.05, 3.63) is 29.8 Å². The van der Waals surface area contributed by atoms with Crippen LogP contribution in [0.4, 0.5) is 13.2 Å². The van der Waals surface area contributed by atoms with E-state index in [4.69, 9.17) is 4.74 Å². The smallest absolute Gasteiger partial charge is 0.401 e. The van der Waals surface area contributed by atoms with Crippen molar-refractivity contribution in [2.45, 2.75) is 6.18 Å². The molecule has 0 bridgehead atoms. The Morgan fingerprint density at radius 3 is 2.38 bits per heavy atom. The van der Waals surface area contributed by atoms with Gasteiger partial charge in [-0.2, -0.15) is 13.2 Å². The average Bonchev–Trinajstić information content (AvgIpc) is 2.45. The van der Waals surface area contributed by atoms with Crippen LogP contribution in [0.5, 0.6) is 5.75 Å². The zero-order valence-electron chi connectivity index (χ0n) is 11.7. The Morgan fingerprint density at radius 2 is 1.81 bits per heavy atom. The van der Waals surface area contributed by atoms with Crippen LogP contribution in [0.15, 0.2) is 24.3 Å². The van der Waals surface area contributed by atoms with Crippen molar-refractivity contribution in [1.82, 2.24) is 9.80 Å². The molecule has 0 saturated carbocycles. The molecule has 1 aliphatic rings. The summed E-state index contributed by atoms with van der Waals surface area (Å²) in [6.07, 6.45) is -4.20.